The number of ether oxygens (including phenoxy) is 3. The van der Waals surface area contributed by atoms with Gasteiger partial charge in [0.15, 0.2) is 12.1 Å². The van der Waals surface area contributed by atoms with Crippen molar-refractivity contribution in [3.8, 4) is 5.75 Å². The van der Waals surface area contributed by atoms with Gasteiger partial charge in [-0.15, -0.1) is 0 Å². The molecule has 4 nitrogen and oxygen atoms in total. The van der Waals surface area contributed by atoms with E-state index in [0.29, 0.717) is 25.4 Å². The molecule has 2 aliphatic rings. The molecule has 17 heavy (non-hydrogen) atoms. The third kappa shape index (κ3) is 2.06. The van der Waals surface area contributed by atoms with Crippen LogP contribution in [0.5, 0.6) is 5.75 Å². The van der Waals surface area contributed by atoms with Crippen molar-refractivity contribution in [2.24, 2.45) is 0 Å². The van der Waals surface area contributed by atoms with Crippen LogP contribution in [0.25, 0.3) is 0 Å². The molecule has 4 heteroatoms. The summed E-state index contributed by atoms with van der Waals surface area (Å²) in [6.07, 6.45) is 0.756. The molecular formula is C13H14O4. The smallest absolute Gasteiger partial charge is 0.171 e. The zero-order chi connectivity index (χ0) is 11.7. The summed E-state index contributed by atoms with van der Waals surface area (Å²) in [5.41, 5.74) is 1.77. The monoisotopic (exact) mass is 234 g/mol. The van der Waals surface area contributed by atoms with Gasteiger partial charge < -0.3 is 14.2 Å². The molecule has 1 saturated heterocycles. The summed E-state index contributed by atoms with van der Waals surface area (Å²) < 4.78 is 16.1. The molecular weight excluding hydrogens is 220 g/mol. The van der Waals surface area contributed by atoms with Crippen LogP contribution >= 0.6 is 0 Å². The minimum absolute atomic E-state index is 0.0238. The Labute approximate surface area is 99.5 Å². The summed E-state index contributed by atoms with van der Waals surface area (Å²) in [6, 6.07) is 5.71. The predicted molar refractivity (Wildman–Crippen MR) is 60.3 cm³/mol. The van der Waals surface area contributed by atoms with Crippen molar-refractivity contribution in [3.63, 3.8) is 0 Å². The quantitative estimate of drug-likeness (QED) is 0.745. The molecule has 1 fully saturated rings. The average molecular weight is 234 g/mol. The third-order valence-corrected chi connectivity index (χ3v) is 3.06. The standard InChI is InChI=1S/C13H14O4/c14-11(8-12-15-6-7-16-12)10-3-1-2-9-4-5-17-13(9)10/h1-3,12H,4-8H2. The largest absolute Gasteiger partial charge is 0.492 e. The van der Waals surface area contributed by atoms with E-state index in [0.717, 1.165) is 17.7 Å². The number of Topliss-reactive ketones (excluding diaryl/α,β-unsaturated/α-hetero) is 1. The summed E-state index contributed by atoms with van der Waals surface area (Å²) in [5.74, 6) is 0.770. The SMILES string of the molecule is O=C(CC1OCCO1)c1cccc2c1OCC2. The van der Waals surface area contributed by atoms with Gasteiger partial charge in [0.1, 0.15) is 5.75 Å². The molecule has 1 aromatic carbocycles. The fraction of sp³-hybridized carbons (Fsp3) is 0.462. The zero-order valence-electron chi connectivity index (χ0n) is 9.48. The number of carbonyl (C=O) groups is 1. The number of benzene rings is 1. The van der Waals surface area contributed by atoms with E-state index in [4.69, 9.17) is 14.2 Å². The van der Waals surface area contributed by atoms with Crippen LogP contribution in [-0.4, -0.2) is 31.9 Å². The summed E-state index contributed by atoms with van der Waals surface area (Å²) in [6.45, 7) is 1.80. The molecule has 0 spiro atoms. The van der Waals surface area contributed by atoms with Crippen LogP contribution in [0.3, 0.4) is 0 Å². The molecule has 0 radical (unpaired) electrons. The summed E-state index contributed by atoms with van der Waals surface area (Å²) in [5, 5.41) is 0. The normalized spacial score (nSPS) is 19.1. The molecule has 0 saturated carbocycles. The topological polar surface area (TPSA) is 44.8 Å². The Morgan fingerprint density at radius 2 is 2.06 bits per heavy atom. The fourth-order valence-electron chi connectivity index (χ4n) is 2.22. The van der Waals surface area contributed by atoms with Crippen LogP contribution in [0.4, 0.5) is 0 Å². The van der Waals surface area contributed by atoms with Gasteiger partial charge in [0.05, 0.1) is 31.8 Å². The molecule has 90 valence electrons. The second-order valence-corrected chi connectivity index (χ2v) is 4.19. The van der Waals surface area contributed by atoms with Crippen LogP contribution in [0.2, 0.25) is 0 Å². The summed E-state index contributed by atoms with van der Waals surface area (Å²) >= 11 is 0. The zero-order valence-corrected chi connectivity index (χ0v) is 9.48. The van der Waals surface area contributed by atoms with Crippen molar-refractivity contribution >= 4 is 5.78 Å². The van der Waals surface area contributed by atoms with E-state index >= 15 is 0 Å². The first-order chi connectivity index (χ1) is 8.34. The van der Waals surface area contributed by atoms with E-state index in [1.165, 1.54) is 0 Å². The number of hydrogen-bond acceptors (Lipinski definition) is 4. The predicted octanol–water partition coefficient (Wildman–Crippen LogP) is 1.57. The fourth-order valence-corrected chi connectivity index (χ4v) is 2.22. The Bertz CT molecular complexity index is 435. The second-order valence-electron chi connectivity index (χ2n) is 4.19. The van der Waals surface area contributed by atoms with Crippen molar-refractivity contribution in [2.45, 2.75) is 19.1 Å². The van der Waals surface area contributed by atoms with Gasteiger partial charge in [0.25, 0.3) is 0 Å². The molecule has 2 aliphatic heterocycles. The van der Waals surface area contributed by atoms with Crippen molar-refractivity contribution in [1.29, 1.82) is 0 Å². The van der Waals surface area contributed by atoms with Gasteiger partial charge in [0, 0.05) is 6.42 Å². The average Bonchev–Trinajstić information content (AvgIpc) is 2.97. The van der Waals surface area contributed by atoms with Crippen LogP contribution in [0.1, 0.15) is 22.3 Å². The Balaban J connectivity index is 1.79. The number of para-hydroxylation sites is 1. The number of hydrogen-bond donors (Lipinski definition) is 0. The van der Waals surface area contributed by atoms with Gasteiger partial charge in [-0.2, -0.15) is 0 Å². The molecule has 0 aromatic heterocycles. The van der Waals surface area contributed by atoms with Crippen LogP contribution < -0.4 is 4.74 Å². The highest BCUT2D eigenvalue weighted by Gasteiger charge is 2.25. The number of rotatable bonds is 3. The second kappa shape index (κ2) is 4.47. The van der Waals surface area contributed by atoms with E-state index in [-0.39, 0.29) is 18.5 Å². The lowest BCUT2D eigenvalue weighted by molar-refractivity contribution is -0.0407. The van der Waals surface area contributed by atoms with Crippen molar-refractivity contribution < 1.29 is 19.0 Å². The van der Waals surface area contributed by atoms with Gasteiger partial charge in [-0.3, -0.25) is 4.79 Å². The van der Waals surface area contributed by atoms with Gasteiger partial charge in [0.2, 0.25) is 0 Å². The van der Waals surface area contributed by atoms with E-state index in [1.54, 1.807) is 6.07 Å². The third-order valence-electron chi connectivity index (χ3n) is 3.06. The molecule has 2 heterocycles. The first kappa shape index (κ1) is 10.7. The van der Waals surface area contributed by atoms with Crippen molar-refractivity contribution in [3.05, 3.63) is 29.3 Å². The molecule has 1 aromatic rings. The van der Waals surface area contributed by atoms with Gasteiger partial charge in [-0.05, 0) is 11.6 Å². The molecule has 0 amide bonds. The van der Waals surface area contributed by atoms with Crippen LogP contribution in [0.15, 0.2) is 18.2 Å². The summed E-state index contributed by atoms with van der Waals surface area (Å²) in [7, 11) is 0. The molecule has 0 unspecified atom stereocenters. The maximum atomic E-state index is 12.1. The Hall–Kier alpha value is -1.39. The van der Waals surface area contributed by atoms with Crippen LogP contribution in [-0.2, 0) is 15.9 Å². The maximum Gasteiger partial charge on any atom is 0.171 e. The van der Waals surface area contributed by atoms with Crippen molar-refractivity contribution in [1.82, 2.24) is 0 Å². The van der Waals surface area contributed by atoms with Gasteiger partial charge in [-0.1, -0.05) is 12.1 Å². The van der Waals surface area contributed by atoms with Gasteiger partial charge in [-0.25, -0.2) is 0 Å². The highest BCUT2D eigenvalue weighted by molar-refractivity contribution is 5.99. The van der Waals surface area contributed by atoms with Crippen LogP contribution in [0, 0.1) is 0 Å². The van der Waals surface area contributed by atoms with Crippen molar-refractivity contribution in [2.75, 3.05) is 19.8 Å². The molecule has 0 bridgehead atoms. The molecule has 0 atom stereocenters. The highest BCUT2D eigenvalue weighted by Crippen LogP contribution is 2.30. The van der Waals surface area contributed by atoms with Gasteiger partial charge >= 0.3 is 0 Å². The van der Waals surface area contributed by atoms with E-state index in [2.05, 4.69) is 0 Å². The Morgan fingerprint density at radius 3 is 2.88 bits per heavy atom. The number of ketones is 1. The maximum absolute atomic E-state index is 12.1. The first-order valence-corrected chi connectivity index (χ1v) is 5.86. The minimum atomic E-state index is -0.389. The first-order valence-electron chi connectivity index (χ1n) is 5.86. The molecule has 0 aliphatic carbocycles. The van der Waals surface area contributed by atoms with E-state index in [1.807, 2.05) is 12.1 Å². The molecule has 3 rings (SSSR count). The minimum Gasteiger partial charge on any atom is -0.492 e. The molecule has 0 N–H and O–H groups in total. The summed E-state index contributed by atoms with van der Waals surface area (Å²) in [4.78, 5) is 12.1. The Kier molecular flexibility index (Phi) is 2.82. The van der Waals surface area contributed by atoms with E-state index in [9.17, 15) is 4.79 Å². The Morgan fingerprint density at radius 1 is 1.24 bits per heavy atom. The highest BCUT2D eigenvalue weighted by atomic mass is 16.7. The van der Waals surface area contributed by atoms with E-state index < -0.39 is 0 Å². The lowest BCUT2D eigenvalue weighted by Gasteiger charge is -2.10. The number of fused-ring (bicyclic) bond motifs is 1. The lowest BCUT2D eigenvalue weighted by Crippen LogP contribution is -2.15. The number of carbonyl (C=O) groups excluding carboxylic acids is 1. The lowest BCUT2D eigenvalue weighted by atomic mass is 10.0.